The fourth-order valence-corrected chi connectivity index (χ4v) is 0.730. The van der Waals surface area contributed by atoms with E-state index in [-0.39, 0.29) is 13.2 Å². The van der Waals surface area contributed by atoms with Gasteiger partial charge in [-0.1, -0.05) is 0 Å². The summed E-state index contributed by atoms with van der Waals surface area (Å²) in [6.07, 6.45) is -0.683. The SMILES string of the molecule is CCOC(=O)OCCOCCOCCO. The molecular weight excluding hydrogens is 204 g/mol. The second-order valence-corrected chi connectivity index (χ2v) is 2.48. The highest BCUT2D eigenvalue weighted by Crippen LogP contribution is 1.85. The summed E-state index contributed by atoms with van der Waals surface area (Å²) in [6.45, 7) is 3.62. The number of carbonyl (C=O) groups excluding carboxylic acids is 1. The summed E-state index contributed by atoms with van der Waals surface area (Å²) in [4.78, 5) is 10.7. The summed E-state index contributed by atoms with van der Waals surface area (Å²) in [5.41, 5.74) is 0. The third-order valence-corrected chi connectivity index (χ3v) is 1.32. The van der Waals surface area contributed by atoms with Crippen LogP contribution in [0.15, 0.2) is 0 Å². The summed E-state index contributed by atoms with van der Waals surface area (Å²) in [7, 11) is 0. The minimum atomic E-state index is -0.683. The number of hydrogen-bond acceptors (Lipinski definition) is 6. The molecule has 0 aromatic carbocycles. The normalized spacial score (nSPS) is 10.0. The fourth-order valence-electron chi connectivity index (χ4n) is 0.730. The van der Waals surface area contributed by atoms with E-state index >= 15 is 0 Å². The molecule has 0 aromatic rings. The molecule has 90 valence electrons. The number of rotatable bonds is 9. The van der Waals surface area contributed by atoms with E-state index in [2.05, 4.69) is 9.47 Å². The van der Waals surface area contributed by atoms with Gasteiger partial charge >= 0.3 is 6.16 Å². The van der Waals surface area contributed by atoms with Crippen LogP contribution in [0.25, 0.3) is 0 Å². The average Bonchev–Trinajstić information content (AvgIpc) is 2.22. The zero-order valence-electron chi connectivity index (χ0n) is 8.94. The number of aliphatic hydroxyl groups excluding tert-OH is 1. The van der Waals surface area contributed by atoms with Gasteiger partial charge in [0.2, 0.25) is 0 Å². The van der Waals surface area contributed by atoms with Crippen molar-refractivity contribution >= 4 is 6.16 Å². The first-order chi connectivity index (χ1) is 7.31. The van der Waals surface area contributed by atoms with Crippen molar-refractivity contribution in [1.82, 2.24) is 0 Å². The molecule has 0 aliphatic carbocycles. The Bertz CT molecular complexity index is 150. The van der Waals surface area contributed by atoms with E-state index in [9.17, 15) is 4.79 Å². The molecule has 0 heterocycles. The highest BCUT2D eigenvalue weighted by Gasteiger charge is 2.00. The highest BCUT2D eigenvalue weighted by molar-refractivity contribution is 5.59. The van der Waals surface area contributed by atoms with Crippen LogP contribution >= 0.6 is 0 Å². The van der Waals surface area contributed by atoms with Gasteiger partial charge < -0.3 is 24.1 Å². The third kappa shape index (κ3) is 11.1. The lowest BCUT2D eigenvalue weighted by atomic mass is 10.7. The predicted molar refractivity (Wildman–Crippen MR) is 51.7 cm³/mol. The van der Waals surface area contributed by atoms with Crippen molar-refractivity contribution in [2.24, 2.45) is 0 Å². The summed E-state index contributed by atoms with van der Waals surface area (Å²) < 4.78 is 19.2. The summed E-state index contributed by atoms with van der Waals surface area (Å²) in [5.74, 6) is 0. The summed E-state index contributed by atoms with van der Waals surface area (Å²) >= 11 is 0. The van der Waals surface area contributed by atoms with Gasteiger partial charge in [0.05, 0.1) is 39.6 Å². The predicted octanol–water partition coefficient (Wildman–Crippen LogP) is 0.185. The summed E-state index contributed by atoms with van der Waals surface area (Å²) in [5, 5.41) is 8.38. The molecule has 0 atom stereocenters. The Kier molecular flexibility index (Phi) is 10.6. The lowest BCUT2D eigenvalue weighted by Crippen LogP contribution is -2.14. The first-order valence-electron chi connectivity index (χ1n) is 4.87. The Hall–Kier alpha value is -0.850. The van der Waals surface area contributed by atoms with Crippen molar-refractivity contribution in [3.05, 3.63) is 0 Å². The topological polar surface area (TPSA) is 74.2 Å². The van der Waals surface area contributed by atoms with Crippen molar-refractivity contribution in [2.75, 3.05) is 46.2 Å². The van der Waals surface area contributed by atoms with E-state index < -0.39 is 6.16 Å². The van der Waals surface area contributed by atoms with Gasteiger partial charge in [-0.15, -0.1) is 0 Å². The number of ether oxygens (including phenoxy) is 4. The van der Waals surface area contributed by atoms with Crippen molar-refractivity contribution in [2.45, 2.75) is 6.92 Å². The summed E-state index contributed by atoms with van der Waals surface area (Å²) in [6, 6.07) is 0. The molecule has 1 N–H and O–H groups in total. The van der Waals surface area contributed by atoms with Gasteiger partial charge in [0.25, 0.3) is 0 Å². The number of aliphatic hydroxyl groups is 1. The Morgan fingerprint density at radius 2 is 1.60 bits per heavy atom. The highest BCUT2D eigenvalue weighted by atomic mass is 16.7. The van der Waals surface area contributed by atoms with E-state index in [1.807, 2.05) is 0 Å². The maximum absolute atomic E-state index is 10.7. The molecule has 6 nitrogen and oxygen atoms in total. The molecule has 0 aliphatic heterocycles. The van der Waals surface area contributed by atoms with Crippen LogP contribution in [0.2, 0.25) is 0 Å². The standard InChI is InChI=1S/C9H18O6/c1-2-14-9(11)15-8-7-13-6-5-12-4-3-10/h10H,2-8H2,1H3. The Morgan fingerprint density at radius 1 is 1.00 bits per heavy atom. The van der Waals surface area contributed by atoms with Gasteiger partial charge in [-0.05, 0) is 6.92 Å². The monoisotopic (exact) mass is 222 g/mol. The van der Waals surface area contributed by atoms with Gasteiger partial charge in [0.15, 0.2) is 0 Å². The van der Waals surface area contributed by atoms with Crippen LogP contribution in [0.4, 0.5) is 4.79 Å². The Balaban J connectivity index is 3.01. The molecule has 0 radical (unpaired) electrons. The average molecular weight is 222 g/mol. The van der Waals surface area contributed by atoms with Gasteiger partial charge in [-0.25, -0.2) is 4.79 Å². The first-order valence-corrected chi connectivity index (χ1v) is 4.87. The molecule has 0 saturated heterocycles. The molecule has 0 amide bonds. The minimum absolute atomic E-state index is 0.00592. The molecule has 0 unspecified atom stereocenters. The zero-order chi connectivity index (χ0) is 11.4. The molecule has 0 bridgehead atoms. The van der Waals surface area contributed by atoms with Crippen LogP contribution in [0.1, 0.15) is 6.92 Å². The van der Waals surface area contributed by atoms with E-state index in [0.29, 0.717) is 33.0 Å². The molecule has 0 aliphatic rings. The van der Waals surface area contributed by atoms with E-state index in [4.69, 9.17) is 14.6 Å². The quantitative estimate of drug-likeness (QED) is 0.443. The Labute approximate surface area is 89.1 Å². The molecule has 0 rings (SSSR count). The van der Waals surface area contributed by atoms with E-state index in [1.165, 1.54) is 0 Å². The molecular formula is C9H18O6. The maximum atomic E-state index is 10.7. The van der Waals surface area contributed by atoms with Gasteiger partial charge in [-0.2, -0.15) is 0 Å². The van der Waals surface area contributed by atoms with E-state index in [1.54, 1.807) is 6.92 Å². The van der Waals surface area contributed by atoms with Crippen LogP contribution in [-0.2, 0) is 18.9 Å². The van der Waals surface area contributed by atoms with Crippen LogP contribution in [0, 0.1) is 0 Å². The van der Waals surface area contributed by atoms with Crippen LogP contribution in [-0.4, -0.2) is 57.5 Å². The lowest BCUT2D eigenvalue weighted by molar-refractivity contribution is 0.00519. The Morgan fingerprint density at radius 3 is 2.20 bits per heavy atom. The molecule has 0 spiro atoms. The van der Waals surface area contributed by atoms with Gasteiger partial charge in [-0.3, -0.25) is 0 Å². The van der Waals surface area contributed by atoms with Crippen molar-refractivity contribution < 1.29 is 28.8 Å². The maximum Gasteiger partial charge on any atom is 0.508 e. The molecule has 6 heteroatoms. The molecule has 0 saturated carbocycles. The van der Waals surface area contributed by atoms with Gasteiger partial charge in [0, 0.05) is 0 Å². The second kappa shape index (κ2) is 11.2. The van der Waals surface area contributed by atoms with Crippen LogP contribution in [0.5, 0.6) is 0 Å². The van der Waals surface area contributed by atoms with Crippen molar-refractivity contribution in [3.63, 3.8) is 0 Å². The smallest absolute Gasteiger partial charge is 0.435 e. The van der Waals surface area contributed by atoms with Crippen molar-refractivity contribution in [3.8, 4) is 0 Å². The van der Waals surface area contributed by atoms with E-state index in [0.717, 1.165) is 0 Å². The number of hydrogen-bond donors (Lipinski definition) is 1. The molecule has 0 fully saturated rings. The largest absolute Gasteiger partial charge is 0.508 e. The van der Waals surface area contributed by atoms with Crippen LogP contribution in [0.3, 0.4) is 0 Å². The van der Waals surface area contributed by atoms with Crippen molar-refractivity contribution in [1.29, 1.82) is 0 Å². The zero-order valence-corrected chi connectivity index (χ0v) is 8.94. The second-order valence-electron chi connectivity index (χ2n) is 2.48. The number of carbonyl (C=O) groups is 1. The lowest BCUT2D eigenvalue weighted by Gasteiger charge is -2.05. The first kappa shape index (κ1) is 14.2. The molecule has 0 aromatic heterocycles. The third-order valence-electron chi connectivity index (χ3n) is 1.32. The fraction of sp³-hybridized carbons (Fsp3) is 0.889. The van der Waals surface area contributed by atoms with Gasteiger partial charge in [0.1, 0.15) is 6.61 Å². The molecule has 15 heavy (non-hydrogen) atoms. The van der Waals surface area contributed by atoms with Crippen LogP contribution < -0.4 is 0 Å². The minimum Gasteiger partial charge on any atom is -0.435 e.